The van der Waals surface area contributed by atoms with E-state index < -0.39 is 0 Å². The Morgan fingerprint density at radius 2 is 0.906 bits per heavy atom. The summed E-state index contributed by atoms with van der Waals surface area (Å²) >= 11 is 0. The van der Waals surface area contributed by atoms with Gasteiger partial charge in [-0.25, -0.2) is 0 Å². The van der Waals surface area contributed by atoms with Gasteiger partial charge in [-0.15, -0.1) is 0 Å². The highest BCUT2D eigenvalue weighted by Crippen LogP contribution is 2.54. The van der Waals surface area contributed by atoms with Crippen molar-refractivity contribution in [2.45, 2.75) is 19.3 Å². The molecule has 0 radical (unpaired) electrons. The molecule has 53 heavy (non-hydrogen) atoms. The van der Waals surface area contributed by atoms with Gasteiger partial charge in [0.25, 0.3) is 0 Å². The molecule has 0 saturated carbocycles. The second kappa shape index (κ2) is 10.2. The maximum absolute atomic E-state index is 6.90. The standard InChI is InChI=1S/C51H32O2/c1-51(2)43-27-30(20-22-33(43)40-25-26-42-41-24-19-29-11-3-4-12-32(29)49(41)53-50(42)48(40)51)46-36-14-5-7-16-38(36)47(39-17-8-6-15-37(39)46)31-21-23-35-34-13-9-10-18-44(34)52-45(35)28-31/h3-28H,1-2H3. The van der Waals surface area contributed by atoms with Crippen LogP contribution < -0.4 is 0 Å². The van der Waals surface area contributed by atoms with Crippen LogP contribution in [-0.2, 0) is 5.41 Å². The van der Waals surface area contributed by atoms with E-state index in [9.17, 15) is 0 Å². The molecule has 0 aliphatic heterocycles. The molecule has 11 aromatic rings. The number of furan rings is 2. The van der Waals surface area contributed by atoms with Gasteiger partial charge in [0.1, 0.15) is 22.3 Å². The Morgan fingerprint density at radius 3 is 1.64 bits per heavy atom. The molecule has 248 valence electrons. The van der Waals surface area contributed by atoms with Gasteiger partial charge in [-0.3, -0.25) is 0 Å². The van der Waals surface area contributed by atoms with Gasteiger partial charge in [0.05, 0.1) is 0 Å². The molecular weight excluding hydrogens is 645 g/mol. The zero-order valence-corrected chi connectivity index (χ0v) is 29.3. The zero-order chi connectivity index (χ0) is 35.0. The Hall–Kier alpha value is -6.64. The maximum Gasteiger partial charge on any atom is 0.143 e. The molecule has 0 N–H and O–H groups in total. The van der Waals surface area contributed by atoms with Crippen LogP contribution in [0.3, 0.4) is 0 Å². The highest BCUT2D eigenvalue weighted by molar-refractivity contribution is 6.22. The van der Waals surface area contributed by atoms with Crippen LogP contribution in [-0.4, -0.2) is 0 Å². The number of fused-ring (bicyclic) bond motifs is 14. The van der Waals surface area contributed by atoms with E-state index in [1.165, 1.54) is 76.6 Å². The maximum atomic E-state index is 6.90. The third kappa shape index (κ3) is 3.82. The quantitative estimate of drug-likeness (QED) is 0.170. The van der Waals surface area contributed by atoms with Crippen LogP contribution in [0.1, 0.15) is 25.0 Å². The lowest BCUT2D eigenvalue weighted by atomic mass is 9.80. The summed E-state index contributed by atoms with van der Waals surface area (Å²) in [5.74, 6) is 0. The SMILES string of the molecule is CC1(C)c2cc(-c3c4ccccc4c(-c4ccc5c(c4)oc4ccccc45)c4ccccc34)ccc2-c2ccc3c(oc4c5ccccc5ccc34)c21. The number of benzene rings is 9. The van der Waals surface area contributed by atoms with Crippen LogP contribution in [0.2, 0.25) is 0 Å². The second-order valence-corrected chi connectivity index (χ2v) is 15.2. The molecule has 0 unspecified atom stereocenters. The van der Waals surface area contributed by atoms with Crippen molar-refractivity contribution in [2.75, 3.05) is 0 Å². The molecular formula is C51H32O2. The summed E-state index contributed by atoms with van der Waals surface area (Å²) in [6.45, 7) is 4.72. The van der Waals surface area contributed by atoms with Gasteiger partial charge in [-0.05, 0) is 102 Å². The Bertz CT molecular complexity index is 3310. The molecule has 12 rings (SSSR count). The lowest BCUT2D eigenvalue weighted by Gasteiger charge is -2.23. The van der Waals surface area contributed by atoms with Crippen molar-refractivity contribution in [3.63, 3.8) is 0 Å². The van der Waals surface area contributed by atoms with E-state index in [0.29, 0.717) is 0 Å². The van der Waals surface area contributed by atoms with Crippen molar-refractivity contribution in [3.8, 4) is 33.4 Å². The van der Waals surface area contributed by atoms with Gasteiger partial charge >= 0.3 is 0 Å². The average molecular weight is 677 g/mol. The van der Waals surface area contributed by atoms with Crippen LogP contribution in [0.5, 0.6) is 0 Å². The molecule has 1 aliphatic rings. The molecule has 0 amide bonds. The van der Waals surface area contributed by atoms with E-state index in [2.05, 4.69) is 159 Å². The lowest BCUT2D eigenvalue weighted by Crippen LogP contribution is -2.15. The minimum absolute atomic E-state index is 0.266. The molecule has 1 aliphatic carbocycles. The number of hydrogen-bond donors (Lipinski definition) is 0. The zero-order valence-electron chi connectivity index (χ0n) is 29.3. The molecule has 2 nitrogen and oxygen atoms in total. The lowest BCUT2D eigenvalue weighted by molar-refractivity contribution is 0.621. The predicted molar refractivity (Wildman–Crippen MR) is 222 cm³/mol. The summed E-state index contributed by atoms with van der Waals surface area (Å²) in [7, 11) is 0. The molecule has 2 heteroatoms. The van der Waals surface area contributed by atoms with Crippen molar-refractivity contribution >= 4 is 76.2 Å². The topological polar surface area (TPSA) is 26.3 Å². The Labute approximate surface area is 305 Å². The highest BCUT2D eigenvalue weighted by atomic mass is 16.3. The normalized spacial score (nSPS) is 13.6. The molecule has 0 bridgehead atoms. The Morgan fingerprint density at radius 1 is 0.377 bits per heavy atom. The van der Waals surface area contributed by atoms with E-state index in [1.54, 1.807) is 0 Å². The summed E-state index contributed by atoms with van der Waals surface area (Å²) in [5.41, 5.74) is 13.6. The van der Waals surface area contributed by atoms with E-state index >= 15 is 0 Å². The summed E-state index contributed by atoms with van der Waals surface area (Å²) in [6.07, 6.45) is 0. The summed E-state index contributed by atoms with van der Waals surface area (Å²) in [4.78, 5) is 0. The first-order valence-corrected chi connectivity index (χ1v) is 18.4. The van der Waals surface area contributed by atoms with Gasteiger partial charge in [0, 0.05) is 37.9 Å². The van der Waals surface area contributed by atoms with E-state index in [4.69, 9.17) is 8.83 Å². The first-order chi connectivity index (χ1) is 26.0. The molecule has 2 aromatic heterocycles. The fourth-order valence-corrected chi connectivity index (χ4v) is 9.63. The van der Waals surface area contributed by atoms with Crippen molar-refractivity contribution in [2.24, 2.45) is 0 Å². The highest BCUT2D eigenvalue weighted by Gasteiger charge is 2.39. The van der Waals surface area contributed by atoms with Crippen LogP contribution in [0, 0.1) is 0 Å². The number of rotatable bonds is 2. The van der Waals surface area contributed by atoms with Gasteiger partial charge in [-0.1, -0.05) is 135 Å². The smallest absolute Gasteiger partial charge is 0.143 e. The van der Waals surface area contributed by atoms with Crippen molar-refractivity contribution in [1.29, 1.82) is 0 Å². The van der Waals surface area contributed by atoms with E-state index in [0.717, 1.165) is 44.1 Å². The fraction of sp³-hybridized carbons (Fsp3) is 0.0588. The second-order valence-electron chi connectivity index (χ2n) is 15.2. The van der Waals surface area contributed by atoms with E-state index in [-0.39, 0.29) is 5.41 Å². The largest absolute Gasteiger partial charge is 0.456 e. The first-order valence-electron chi connectivity index (χ1n) is 18.4. The number of hydrogen-bond acceptors (Lipinski definition) is 2. The van der Waals surface area contributed by atoms with Crippen LogP contribution in [0.25, 0.3) is 110 Å². The third-order valence-electron chi connectivity index (χ3n) is 12.0. The molecule has 0 saturated heterocycles. The molecule has 9 aromatic carbocycles. The fourth-order valence-electron chi connectivity index (χ4n) is 9.63. The van der Waals surface area contributed by atoms with Crippen LogP contribution >= 0.6 is 0 Å². The molecule has 0 atom stereocenters. The molecule has 2 heterocycles. The number of para-hydroxylation sites is 1. The van der Waals surface area contributed by atoms with Gasteiger partial charge < -0.3 is 8.83 Å². The summed E-state index contributed by atoms with van der Waals surface area (Å²) in [5, 5.41) is 11.9. The molecule has 0 spiro atoms. The summed E-state index contributed by atoms with van der Waals surface area (Å²) in [6, 6.07) is 57.4. The van der Waals surface area contributed by atoms with Crippen molar-refractivity contribution < 1.29 is 8.83 Å². The van der Waals surface area contributed by atoms with Crippen LogP contribution in [0.15, 0.2) is 167 Å². The van der Waals surface area contributed by atoms with Crippen molar-refractivity contribution in [3.05, 3.63) is 169 Å². The minimum atomic E-state index is -0.266. The van der Waals surface area contributed by atoms with E-state index in [1.807, 2.05) is 12.1 Å². The Kier molecular flexibility index (Phi) is 5.60. The van der Waals surface area contributed by atoms with Gasteiger partial charge in [-0.2, -0.15) is 0 Å². The third-order valence-corrected chi connectivity index (χ3v) is 12.0. The predicted octanol–water partition coefficient (Wildman–Crippen LogP) is 14.6. The van der Waals surface area contributed by atoms with Crippen LogP contribution in [0.4, 0.5) is 0 Å². The Balaban J connectivity index is 1.08. The molecule has 0 fully saturated rings. The van der Waals surface area contributed by atoms with Gasteiger partial charge in [0.15, 0.2) is 0 Å². The summed E-state index contributed by atoms with van der Waals surface area (Å²) < 4.78 is 13.3. The minimum Gasteiger partial charge on any atom is -0.456 e. The first kappa shape index (κ1) is 29.0. The average Bonchev–Trinajstić information content (AvgIpc) is 3.84. The monoisotopic (exact) mass is 676 g/mol. The van der Waals surface area contributed by atoms with Crippen molar-refractivity contribution in [1.82, 2.24) is 0 Å². The van der Waals surface area contributed by atoms with Gasteiger partial charge in [0.2, 0.25) is 0 Å².